The zero-order chi connectivity index (χ0) is 14.3. The Kier molecular flexibility index (Phi) is 4.61. The van der Waals surface area contributed by atoms with Crippen LogP contribution in [-0.4, -0.2) is 29.6 Å². The van der Waals surface area contributed by atoms with E-state index in [0.717, 1.165) is 52.7 Å². The molecule has 4 nitrogen and oxygen atoms in total. The lowest BCUT2D eigenvalue weighted by Crippen LogP contribution is -2.18. The van der Waals surface area contributed by atoms with E-state index < -0.39 is 5.97 Å². The summed E-state index contributed by atoms with van der Waals surface area (Å²) in [5.74, 6) is -0.391. The Morgan fingerprint density at radius 3 is 2.90 bits per heavy atom. The molecule has 1 aromatic carbocycles. The maximum absolute atomic E-state index is 10.7. The van der Waals surface area contributed by atoms with Crippen LogP contribution >= 0.6 is 24.0 Å². The summed E-state index contributed by atoms with van der Waals surface area (Å²) in [6.07, 6.45) is 3.47. The van der Waals surface area contributed by atoms with Crippen molar-refractivity contribution >= 4 is 47.0 Å². The number of nitrogens with zero attached hydrogens (tertiary/aromatic N) is 1. The molecule has 0 bridgehead atoms. The smallest absolute Gasteiger partial charge is 0.328 e. The highest BCUT2D eigenvalue weighted by atomic mass is 35.5. The lowest BCUT2D eigenvalue weighted by atomic mass is 10.0. The topological polar surface area (TPSA) is 53.7 Å². The Morgan fingerprint density at radius 1 is 1.43 bits per heavy atom. The molecule has 1 N–H and O–H groups in total. The quantitative estimate of drug-likeness (QED) is 0.856. The zero-order valence-corrected chi connectivity index (χ0v) is 13.0. The van der Waals surface area contributed by atoms with Gasteiger partial charge in [0, 0.05) is 35.1 Å². The van der Waals surface area contributed by atoms with Crippen LogP contribution in [0.25, 0.3) is 17.0 Å². The van der Waals surface area contributed by atoms with E-state index in [1.807, 2.05) is 19.2 Å². The molecule has 0 saturated carbocycles. The molecule has 0 spiro atoms. The van der Waals surface area contributed by atoms with Gasteiger partial charge in [-0.25, -0.2) is 4.79 Å². The molecule has 0 saturated heterocycles. The number of carbonyl (C=O) groups is 1. The van der Waals surface area contributed by atoms with E-state index >= 15 is 0 Å². The van der Waals surface area contributed by atoms with Gasteiger partial charge >= 0.3 is 5.97 Å². The van der Waals surface area contributed by atoms with Gasteiger partial charge in [-0.2, -0.15) is 0 Å². The summed E-state index contributed by atoms with van der Waals surface area (Å²) < 4.78 is 5.78. The number of carboxylic acids is 1. The summed E-state index contributed by atoms with van der Waals surface area (Å²) in [5.41, 5.74) is 2.86. The molecule has 0 radical (unpaired) electrons. The molecule has 0 amide bonds. The van der Waals surface area contributed by atoms with Crippen LogP contribution in [0.1, 0.15) is 16.9 Å². The fourth-order valence-corrected chi connectivity index (χ4v) is 2.91. The van der Waals surface area contributed by atoms with Gasteiger partial charge in [0.25, 0.3) is 0 Å². The van der Waals surface area contributed by atoms with Gasteiger partial charge in [0.15, 0.2) is 0 Å². The Bertz CT molecular complexity index is 721. The normalized spacial score (nSPS) is 15.1. The standard InChI is InChI=1S/C15H14ClNO3.ClH/c1-17-7-6-9-11(16)2-3-13-15(9)10(8-17)12(20-13)4-5-14(18)19;/h2-5H,6-8H2,1H3,(H,18,19);1H/b5-4+;. The molecule has 1 aliphatic heterocycles. The number of rotatable bonds is 2. The predicted octanol–water partition coefficient (Wildman–Crippen LogP) is 3.59. The van der Waals surface area contributed by atoms with Gasteiger partial charge in [0.1, 0.15) is 11.3 Å². The molecule has 0 unspecified atom stereocenters. The van der Waals surface area contributed by atoms with Crippen LogP contribution in [-0.2, 0) is 17.8 Å². The summed E-state index contributed by atoms with van der Waals surface area (Å²) in [4.78, 5) is 12.9. The van der Waals surface area contributed by atoms with E-state index in [-0.39, 0.29) is 12.4 Å². The van der Waals surface area contributed by atoms with Gasteiger partial charge in [-0.3, -0.25) is 0 Å². The Labute approximate surface area is 133 Å². The van der Waals surface area contributed by atoms with Gasteiger partial charge < -0.3 is 14.4 Å². The lowest BCUT2D eigenvalue weighted by molar-refractivity contribution is -0.131. The van der Waals surface area contributed by atoms with Gasteiger partial charge in [0.2, 0.25) is 0 Å². The molecule has 21 heavy (non-hydrogen) atoms. The number of aliphatic carboxylic acids is 1. The van der Waals surface area contributed by atoms with Crippen molar-refractivity contribution in [2.75, 3.05) is 13.6 Å². The third-order valence-electron chi connectivity index (χ3n) is 3.59. The molecule has 1 aromatic heterocycles. The van der Waals surface area contributed by atoms with Crippen molar-refractivity contribution in [3.8, 4) is 0 Å². The first kappa shape index (κ1) is 15.9. The van der Waals surface area contributed by atoms with Crippen LogP contribution in [0.2, 0.25) is 5.02 Å². The second kappa shape index (κ2) is 6.10. The summed E-state index contributed by atoms with van der Waals surface area (Å²) in [5, 5.41) is 10.5. The average Bonchev–Trinajstić information content (AvgIpc) is 2.62. The third-order valence-corrected chi connectivity index (χ3v) is 3.94. The zero-order valence-electron chi connectivity index (χ0n) is 11.4. The molecule has 3 rings (SSSR count). The number of furan rings is 1. The number of hydrogen-bond donors (Lipinski definition) is 1. The summed E-state index contributed by atoms with van der Waals surface area (Å²) in [7, 11) is 2.03. The average molecular weight is 328 g/mol. The van der Waals surface area contributed by atoms with Crippen molar-refractivity contribution in [1.82, 2.24) is 4.90 Å². The van der Waals surface area contributed by atoms with Crippen LogP contribution in [0.15, 0.2) is 22.6 Å². The molecule has 1 aliphatic rings. The highest BCUT2D eigenvalue weighted by molar-refractivity contribution is 6.32. The lowest BCUT2D eigenvalue weighted by Gasteiger charge is -2.12. The maximum Gasteiger partial charge on any atom is 0.328 e. The van der Waals surface area contributed by atoms with Gasteiger partial charge in [-0.1, -0.05) is 11.6 Å². The number of hydrogen-bond acceptors (Lipinski definition) is 3. The Hall–Kier alpha value is -1.49. The van der Waals surface area contributed by atoms with Crippen molar-refractivity contribution in [3.05, 3.63) is 40.1 Å². The summed E-state index contributed by atoms with van der Waals surface area (Å²) in [6, 6.07) is 3.68. The monoisotopic (exact) mass is 327 g/mol. The van der Waals surface area contributed by atoms with Crippen molar-refractivity contribution in [2.24, 2.45) is 0 Å². The molecule has 0 atom stereocenters. The Balaban J connectivity index is 0.00000161. The van der Waals surface area contributed by atoms with Gasteiger partial charge in [-0.05, 0) is 37.2 Å². The first-order valence-electron chi connectivity index (χ1n) is 6.38. The number of likely N-dealkylation sites (N-methyl/N-ethyl adjacent to an activating group) is 1. The molecule has 6 heteroatoms. The second-order valence-corrected chi connectivity index (χ2v) is 5.41. The number of benzene rings is 1. The molecule has 112 valence electrons. The Morgan fingerprint density at radius 2 is 2.19 bits per heavy atom. The fourth-order valence-electron chi connectivity index (χ4n) is 2.65. The van der Waals surface area contributed by atoms with Crippen LogP contribution in [0, 0.1) is 0 Å². The fraction of sp³-hybridized carbons (Fsp3) is 0.267. The molecule has 2 heterocycles. The first-order chi connectivity index (χ1) is 9.56. The highest BCUT2D eigenvalue weighted by Gasteiger charge is 2.22. The van der Waals surface area contributed by atoms with E-state index in [9.17, 15) is 4.79 Å². The highest BCUT2D eigenvalue weighted by Crippen LogP contribution is 2.36. The van der Waals surface area contributed by atoms with E-state index in [1.165, 1.54) is 6.08 Å². The molecular formula is C15H15Cl2NO3. The van der Waals surface area contributed by atoms with E-state index in [2.05, 4.69) is 4.90 Å². The van der Waals surface area contributed by atoms with Crippen molar-refractivity contribution in [3.63, 3.8) is 0 Å². The minimum atomic E-state index is -0.988. The molecular weight excluding hydrogens is 313 g/mol. The predicted molar refractivity (Wildman–Crippen MR) is 85.2 cm³/mol. The van der Waals surface area contributed by atoms with Crippen molar-refractivity contribution < 1.29 is 14.3 Å². The largest absolute Gasteiger partial charge is 0.478 e. The number of carboxylic acid groups (broad SMARTS) is 1. The van der Waals surface area contributed by atoms with Gasteiger partial charge in [0.05, 0.1) is 0 Å². The van der Waals surface area contributed by atoms with Crippen LogP contribution in [0.4, 0.5) is 0 Å². The SMILES string of the molecule is CN1CCc2c(Cl)ccc3oc(/C=C/C(=O)O)c(c23)C1.Cl. The van der Waals surface area contributed by atoms with E-state index in [4.69, 9.17) is 21.1 Å². The number of halogens is 2. The van der Waals surface area contributed by atoms with E-state index in [1.54, 1.807) is 0 Å². The molecule has 0 fully saturated rings. The van der Waals surface area contributed by atoms with Crippen LogP contribution in [0.5, 0.6) is 0 Å². The van der Waals surface area contributed by atoms with Gasteiger partial charge in [-0.15, -0.1) is 12.4 Å². The molecule has 2 aromatic rings. The third kappa shape index (κ3) is 2.93. The van der Waals surface area contributed by atoms with Crippen LogP contribution < -0.4 is 0 Å². The first-order valence-corrected chi connectivity index (χ1v) is 6.76. The minimum Gasteiger partial charge on any atom is -0.478 e. The molecule has 0 aliphatic carbocycles. The minimum absolute atomic E-state index is 0. The van der Waals surface area contributed by atoms with Crippen molar-refractivity contribution in [1.29, 1.82) is 0 Å². The summed E-state index contributed by atoms with van der Waals surface area (Å²) in [6.45, 7) is 1.63. The maximum atomic E-state index is 10.7. The van der Waals surface area contributed by atoms with E-state index in [0.29, 0.717) is 5.76 Å². The second-order valence-electron chi connectivity index (χ2n) is 5.00. The summed E-state index contributed by atoms with van der Waals surface area (Å²) >= 11 is 6.29. The van der Waals surface area contributed by atoms with Crippen molar-refractivity contribution in [2.45, 2.75) is 13.0 Å². The van der Waals surface area contributed by atoms with Crippen LogP contribution in [0.3, 0.4) is 0 Å².